The van der Waals surface area contributed by atoms with Crippen molar-refractivity contribution in [2.24, 2.45) is 0 Å². The lowest BCUT2D eigenvalue weighted by atomic mass is 9.17. The van der Waals surface area contributed by atoms with Gasteiger partial charge in [-0.05, 0) is 34.8 Å². The summed E-state index contributed by atoms with van der Waals surface area (Å²) in [6.07, 6.45) is 5.09. The zero-order valence-corrected chi connectivity index (χ0v) is 24.9. The van der Waals surface area contributed by atoms with Crippen molar-refractivity contribution in [2.75, 3.05) is 19.8 Å². The van der Waals surface area contributed by atoms with Gasteiger partial charge in [0.25, 0.3) is 0 Å². The van der Waals surface area contributed by atoms with Gasteiger partial charge in [-0.1, -0.05) is 49.1 Å². The van der Waals surface area contributed by atoms with Gasteiger partial charge in [0, 0.05) is 13.0 Å². The third-order valence-corrected chi connectivity index (χ3v) is 10.5. The highest BCUT2D eigenvalue weighted by atomic mass is 16.6. The Kier molecular flexibility index (Phi) is 9.37. The fourth-order valence-corrected chi connectivity index (χ4v) is 6.42. The van der Waals surface area contributed by atoms with Crippen LogP contribution in [0.4, 0.5) is 0 Å². The summed E-state index contributed by atoms with van der Waals surface area (Å²) in [4.78, 5) is 15.6. The van der Waals surface area contributed by atoms with Gasteiger partial charge in [-0.3, -0.25) is 4.79 Å². The van der Waals surface area contributed by atoms with E-state index in [0.717, 1.165) is 24.8 Å². The molecule has 2 N–H and O–H groups in total. The molecule has 1 aromatic carbocycles. The van der Waals surface area contributed by atoms with Crippen LogP contribution in [-0.4, -0.2) is 115 Å². The third-order valence-electron chi connectivity index (χ3n) is 10.5. The van der Waals surface area contributed by atoms with Crippen LogP contribution in [0.25, 0.3) is 0 Å². The molecule has 0 aromatic heterocycles. The second-order valence-corrected chi connectivity index (χ2v) is 13.2. The van der Waals surface area contributed by atoms with E-state index in [4.69, 9.17) is 9.47 Å². The van der Waals surface area contributed by atoms with E-state index in [2.05, 4.69) is 79.9 Å². The Labute approximate surface area is 231 Å². The molecule has 3 rings (SSSR count). The van der Waals surface area contributed by atoms with Gasteiger partial charge in [0.2, 0.25) is 5.91 Å². The molecule has 1 amide bonds. The van der Waals surface area contributed by atoms with Crippen LogP contribution < -0.4 is 14.8 Å². The summed E-state index contributed by atoms with van der Waals surface area (Å²) < 4.78 is 11.5. The maximum Gasteiger partial charge on any atom is 0.220 e. The Morgan fingerprint density at radius 2 is 1.51 bits per heavy atom. The second kappa shape index (κ2) is 11.5. The summed E-state index contributed by atoms with van der Waals surface area (Å²) in [5, 5.41) is 14.6. The summed E-state index contributed by atoms with van der Waals surface area (Å²) >= 11 is 0. The van der Waals surface area contributed by atoms with Gasteiger partial charge in [-0.2, -0.15) is 0 Å². The van der Waals surface area contributed by atoms with E-state index in [1.54, 1.807) is 0 Å². The summed E-state index contributed by atoms with van der Waals surface area (Å²) in [6.45, 7) is 3.76. The number of aliphatic hydroxyl groups is 1. The van der Waals surface area contributed by atoms with Gasteiger partial charge >= 0.3 is 0 Å². The van der Waals surface area contributed by atoms with Crippen LogP contribution in [0.5, 0.6) is 11.5 Å². The molecule has 0 aliphatic carbocycles. The van der Waals surface area contributed by atoms with Crippen LogP contribution in [0.1, 0.15) is 57.1 Å². The zero-order valence-electron chi connectivity index (χ0n) is 24.9. The summed E-state index contributed by atoms with van der Waals surface area (Å²) in [6, 6.07) is 5.14. The molecule has 14 heteroatoms. The highest BCUT2D eigenvalue weighted by Crippen LogP contribution is 2.63. The average Bonchev–Trinajstić information content (AvgIpc) is 2.90. The number of ether oxygens (including phenoxy) is 2. The van der Waals surface area contributed by atoms with Crippen molar-refractivity contribution < 1.29 is 19.4 Å². The van der Waals surface area contributed by atoms with Crippen molar-refractivity contribution in [3.8, 4) is 11.5 Å². The van der Waals surface area contributed by atoms with Crippen molar-refractivity contribution in [1.82, 2.24) is 10.2 Å². The van der Waals surface area contributed by atoms with E-state index in [-0.39, 0.29) is 27.0 Å². The minimum atomic E-state index is -0.877. The largest absolute Gasteiger partial charge is 0.486 e. The van der Waals surface area contributed by atoms with Crippen LogP contribution >= 0.6 is 0 Å². The number of hydrogen-bond acceptors (Lipinski definition) is 5. The van der Waals surface area contributed by atoms with E-state index in [1.165, 1.54) is 12.8 Å². The predicted octanol–water partition coefficient (Wildman–Crippen LogP) is -4.74. The van der Waals surface area contributed by atoms with E-state index < -0.39 is 12.1 Å². The van der Waals surface area contributed by atoms with Crippen molar-refractivity contribution in [3.05, 3.63) is 23.8 Å². The first-order valence-corrected chi connectivity index (χ1v) is 14.3. The standard InChI is InChI=1S/C23H44B8N2O4/c1-2-3-4-5-6-7-18(34)32-15(19(35)14-8-9-16-17(12-14)37-11-10-36-16)13-33-22(28,29)20(24,25)21(26,27)23(33,30)31/h8-9,12,15,19,35H,2-7,10-11,13,24-31H2,1H3,(H,32,34)/t15-,19-/m1/s1. The van der Waals surface area contributed by atoms with E-state index in [0.29, 0.717) is 37.7 Å². The van der Waals surface area contributed by atoms with E-state index in [1.807, 2.05) is 18.2 Å². The van der Waals surface area contributed by atoms with Crippen LogP contribution in [0.3, 0.4) is 0 Å². The molecule has 2 heterocycles. The number of benzene rings is 1. The van der Waals surface area contributed by atoms with Crippen molar-refractivity contribution in [1.29, 1.82) is 0 Å². The summed E-state index contributed by atoms with van der Waals surface area (Å²) in [7, 11) is 18.6. The molecule has 1 aromatic rings. The number of likely N-dealkylation sites (tertiary alicyclic amines) is 1. The predicted molar refractivity (Wildman–Crippen MR) is 174 cm³/mol. The molecule has 1 saturated heterocycles. The number of nitrogens with one attached hydrogen (secondary N) is 1. The van der Waals surface area contributed by atoms with Gasteiger partial charge in [0.1, 0.15) is 50.7 Å². The molecule has 0 bridgehead atoms. The first kappa shape index (κ1) is 30.3. The second-order valence-electron chi connectivity index (χ2n) is 13.2. The maximum atomic E-state index is 13.1. The summed E-state index contributed by atoms with van der Waals surface area (Å²) in [5.41, 5.74) is 0.728. The van der Waals surface area contributed by atoms with Crippen molar-refractivity contribution in [3.63, 3.8) is 0 Å². The third kappa shape index (κ3) is 5.71. The normalized spacial score (nSPS) is 22.6. The molecule has 0 spiro atoms. The molecule has 194 valence electrons. The van der Waals surface area contributed by atoms with E-state index in [9.17, 15) is 9.90 Å². The van der Waals surface area contributed by atoms with Gasteiger partial charge in [0.15, 0.2) is 11.5 Å². The Morgan fingerprint density at radius 1 is 0.946 bits per heavy atom. The van der Waals surface area contributed by atoms with Crippen molar-refractivity contribution >= 4 is 68.7 Å². The Morgan fingerprint density at radius 3 is 2.11 bits per heavy atom. The first-order valence-electron chi connectivity index (χ1n) is 14.3. The Hall–Kier alpha value is -1.27. The van der Waals surface area contributed by atoms with Crippen LogP contribution in [0.2, 0.25) is 10.4 Å². The smallest absolute Gasteiger partial charge is 0.220 e. The van der Waals surface area contributed by atoms with Crippen molar-refractivity contribution in [2.45, 2.75) is 78.7 Å². The molecule has 2 aliphatic heterocycles. The molecule has 0 saturated carbocycles. The maximum absolute atomic E-state index is 13.1. The quantitative estimate of drug-likeness (QED) is 0.237. The molecule has 1 fully saturated rings. The van der Waals surface area contributed by atoms with Crippen LogP contribution in [-0.2, 0) is 4.79 Å². The van der Waals surface area contributed by atoms with Gasteiger partial charge in [-0.15, -0.1) is 0 Å². The molecule has 0 radical (unpaired) electrons. The minimum absolute atomic E-state index is 0.000707. The monoisotopic (exact) mass is 500 g/mol. The van der Waals surface area contributed by atoms with Gasteiger partial charge < -0.3 is 24.8 Å². The lowest BCUT2D eigenvalue weighted by Gasteiger charge is -2.47. The fourth-order valence-electron chi connectivity index (χ4n) is 6.42. The number of unbranched alkanes of at least 4 members (excludes halogenated alkanes) is 4. The minimum Gasteiger partial charge on any atom is -0.486 e. The highest BCUT2D eigenvalue weighted by molar-refractivity contribution is 6.67. The number of rotatable bonds is 11. The number of carbonyl (C=O) groups is 1. The highest BCUT2D eigenvalue weighted by Gasteiger charge is 2.64. The van der Waals surface area contributed by atoms with Crippen LogP contribution in [0.15, 0.2) is 18.2 Å². The van der Waals surface area contributed by atoms with Crippen LogP contribution in [0, 0.1) is 0 Å². The molecule has 6 nitrogen and oxygen atoms in total. The Bertz CT molecular complexity index is 937. The molecular formula is C23H44B8N2O4. The lowest BCUT2D eigenvalue weighted by Crippen LogP contribution is -2.63. The number of hydrogen-bond donors (Lipinski definition) is 2. The average molecular weight is 499 g/mol. The van der Waals surface area contributed by atoms with E-state index >= 15 is 0 Å². The Balaban J connectivity index is 1.88. The number of fused-ring (bicyclic) bond motifs is 1. The molecule has 37 heavy (non-hydrogen) atoms. The first-order chi connectivity index (χ1) is 17.2. The SMILES string of the molecule is BC1(B)N(C[C@@H](NC(=O)CCCCCCC)[C@H](O)c2ccc3c(c2)OCCO3)C(B)(B)C(B)(B)C1(B)B. The molecule has 2 atom stereocenters. The number of carbonyl (C=O) groups excluding carboxylic acids is 1. The number of nitrogens with zero attached hydrogens (tertiary/aromatic N) is 1. The number of amides is 1. The summed E-state index contributed by atoms with van der Waals surface area (Å²) in [5.74, 6) is 1.35. The molecule has 0 unspecified atom stereocenters. The topological polar surface area (TPSA) is 71.0 Å². The lowest BCUT2D eigenvalue weighted by molar-refractivity contribution is -0.123. The zero-order chi connectivity index (χ0) is 27.6. The molecule has 2 aliphatic rings. The van der Waals surface area contributed by atoms with Gasteiger partial charge in [0.05, 0.1) is 37.4 Å². The fraction of sp³-hybridized carbons (Fsp3) is 0.696. The van der Waals surface area contributed by atoms with Gasteiger partial charge in [-0.25, -0.2) is 0 Å². The molecular weight excluding hydrogens is 455 g/mol. The number of aliphatic hydroxyl groups excluding tert-OH is 1.